The van der Waals surface area contributed by atoms with Crippen molar-refractivity contribution in [3.05, 3.63) is 77.8 Å². The van der Waals surface area contributed by atoms with E-state index in [1.165, 1.54) is 34.1 Å². The van der Waals surface area contributed by atoms with Crippen molar-refractivity contribution in [1.29, 1.82) is 0 Å². The van der Waals surface area contributed by atoms with Crippen molar-refractivity contribution in [2.45, 2.75) is 19.9 Å². The lowest BCUT2D eigenvalue weighted by Gasteiger charge is -2.22. The Hall–Kier alpha value is -2.76. The van der Waals surface area contributed by atoms with E-state index in [9.17, 15) is 0 Å². The number of aryl methyl sites for hydroxylation is 1. The molecule has 2 aromatic carbocycles. The largest absolute Gasteiger partial charge is 0.403 e. The molecular weight excluding hydrogens is 346 g/mol. The molecule has 1 unspecified atom stereocenters. The summed E-state index contributed by atoms with van der Waals surface area (Å²) in [5.74, 6) is 0.503. The first kappa shape index (κ1) is 20.0. The predicted octanol–water partition coefficient (Wildman–Crippen LogP) is 2.81. The van der Waals surface area contributed by atoms with E-state index in [1.807, 2.05) is 0 Å². The second kappa shape index (κ2) is 8.95. The lowest BCUT2D eigenvalue weighted by molar-refractivity contribution is 0.609. The van der Waals surface area contributed by atoms with Crippen molar-refractivity contribution in [2.24, 2.45) is 23.1 Å². The highest BCUT2D eigenvalue weighted by molar-refractivity contribution is 5.70. The van der Waals surface area contributed by atoms with Gasteiger partial charge in [0.25, 0.3) is 0 Å². The van der Waals surface area contributed by atoms with E-state index in [-0.39, 0.29) is 0 Å². The molecule has 5 nitrogen and oxygen atoms in total. The number of nitrogens with one attached hydrogen (secondary N) is 1. The van der Waals surface area contributed by atoms with Gasteiger partial charge in [0.1, 0.15) is 0 Å². The molecule has 0 radical (unpaired) electrons. The van der Waals surface area contributed by atoms with Crippen LogP contribution in [0.2, 0.25) is 0 Å². The molecule has 0 amide bonds. The van der Waals surface area contributed by atoms with E-state index in [1.54, 1.807) is 0 Å². The molecule has 7 N–H and O–H groups in total. The van der Waals surface area contributed by atoms with E-state index < -0.39 is 0 Å². The average Bonchev–Trinajstić information content (AvgIpc) is 3.09. The molecule has 1 heterocycles. The fourth-order valence-electron chi connectivity index (χ4n) is 3.68. The Labute approximate surface area is 167 Å². The maximum atomic E-state index is 5.85. The molecule has 5 heteroatoms. The van der Waals surface area contributed by atoms with Gasteiger partial charge in [0.05, 0.1) is 0 Å². The van der Waals surface area contributed by atoms with Gasteiger partial charge in [0.2, 0.25) is 0 Å². The van der Waals surface area contributed by atoms with Crippen molar-refractivity contribution >= 4 is 5.69 Å². The minimum atomic E-state index is 0.503. The monoisotopic (exact) mass is 377 g/mol. The molecule has 1 fully saturated rings. The second-order valence-corrected chi connectivity index (χ2v) is 7.53. The number of nitrogens with zero attached hydrogens (tertiary/aromatic N) is 1. The predicted molar refractivity (Wildman–Crippen MR) is 118 cm³/mol. The third-order valence-electron chi connectivity index (χ3n) is 5.33. The van der Waals surface area contributed by atoms with Crippen LogP contribution in [-0.2, 0) is 6.54 Å². The highest BCUT2D eigenvalue weighted by atomic mass is 15.2. The smallest absolute Gasteiger partial charge is 0.0438 e. The van der Waals surface area contributed by atoms with Gasteiger partial charge in [-0.1, -0.05) is 36.9 Å². The Kier molecular flexibility index (Phi) is 6.39. The summed E-state index contributed by atoms with van der Waals surface area (Å²) in [5.41, 5.74) is 24.9. The minimum Gasteiger partial charge on any atom is -0.403 e. The number of benzene rings is 2. The zero-order valence-corrected chi connectivity index (χ0v) is 16.6. The number of allylic oxidation sites excluding steroid dienone is 1. The molecule has 0 spiro atoms. The van der Waals surface area contributed by atoms with Crippen molar-refractivity contribution in [3.63, 3.8) is 0 Å². The van der Waals surface area contributed by atoms with E-state index in [0.29, 0.717) is 24.7 Å². The van der Waals surface area contributed by atoms with Gasteiger partial charge in [-0.2, -0.15) is 0 Å². The lowest BCUT2D eigenvalue weighted by Crippen LogP contribution is -2.22. The standard InChI is InChI=1S/C23H31N5/c1-16-9-21(7-8-23(16)28-15-19(11-24)10-17(28)2)20-5-3-18(4-6-20)13-27-14-22(26)12-25/h3-9,12,19,27H,2,10-11,13-15,24-26H2,1H3/b22-12-. The van der Waals surface area contributed by atoms with Gasteiger partial charge in [-0.25, -0.2) is 0 Å². The molecule has 1 saturated heterocycles. The molecule has 0 bridgehead atoms. The van der Waals surface area contributed by atoms with Crippen LogP contribution in [0.4, 0.5) is 5.69 Å². The first-order valence-corrected chi connectivity index (χ1v) is 9.74. The quantitative estimate of drug-likeness (QED) is 0.595. The highest BCUT2D eigenvalue weighted by Crippen LogP contribution is 2.34. The van der Waals surface area contributed by atoms with Crippen molar-refractivity contribution < 1.29 is 0 Å². The zero-order valence-electron chi connectivity index (χ0n) is 16.6. The molecule has 0 aromatic heterocycles. The highest BCUT2D eigenvalue weighted by Gasteiger charge is 2.26. The maximum absolute atomic E-state index is 5.85. The minimum absolute atomic E-state index is 0.503. The molecule has 1 atom stereocenters. The van der Waals surface area contributed by atoms with Crippen LogP contribution in [0.1, 0.15) is 17.5 Å². The molecule has 1 aliphatic heterocycles. The van der Waals surface area contributed by atoms with E-state index in [0.717, 1.165) is 25.2 Å². The summed E-state index contributed by atoms with van der Waals surface area (Å²) in [7, 11) is 0. The average molecular weight is 378 g/mol. The van der Waals surface area contributed by atoms with E-state index >= 15 is 0 Å². The number of anilines is 1. The van der Waals surface area contributed by atoms with Crippen LogP contribution < -0.4 is 27.4 Å². The van der Waals surface area contributed by atoms with Crippen molar-refractivity contribution in [3.8, 4) is 11.1 Å². The van der Waals surface area contributed by atoms with Gasteiger partial charge in [-0.3, -0.25) is 0 Å². The van der Waals surface area contributed by atoms with Crippen LogP contribution in [0.25, 0.3) is 11.1 Å². The molecule has 0 saturated carbocycles. The number of hydrogen-bond donors (Lipinski definition) is 4. The SMILES string of the molecule is C=C1CC(CN)CN1c1ccc(-c2ccc(CNC/C(N)=C/N)cc2)cc1C. The Morgan fingerprint density at radius 1 is 1.21 bits per heavy atom. The first-order chi connectivity index (χ1) is 13.5. The van der Waals surface area contributed by atoms with Gasteiger partial charge >= 0.3 is 0 Å². The molecule has 0 aliphatic carbocycles. The fraction of sp³-hybridized carbons (Fsp3) is 0.304. The van der Waals surface area contributed by atoms with Gasteiger partial charge in [0, 0.05) is 42.9 Å². The van der Waals surface area contributed by atoms with Gasteiger partial charge in [0.15, 0.2) is 0 Å². The summed E-state index contributed by atoms with van der Waals surface area (Å²) < 4.78 is 0. The molecule has 148 valence electrons. The first-order valence-electron chi connectivity index (χ1n) is 9.74. The Balaban J connectivity index is 1.69. The van der Waals surface area contributed by atoms with Crippen LogP contribution in [0, 0.1) is 12.8 Å². The van der Waals surface area contributed by atoms with Crippen molar-refractivity contribution in [1.82, 2.24) is 5.32 Å². The normalized spacial score (nSPS) is 17.4. The van der Waals surface area contributed by atoms with Gasteiger partial charge in [-0.05, 0) is 60.2 Å². The lowest BCUT2D eigenvalue weighted by atomic mass is 10.0. The Morgan fingerprint density at radius 2 is 1.93 bits per heavy atom. The number of hydrogen-bond acceptors (Lipinski definition) is 5. The zero-order chi connectivity index (χ0) is 20.1. The number of nitrogens with two attached hydrogens (primary N) is 3. The summed E-state index contributed by atoms with van der Waals surface area (Å²) in [4.78, 5) is 2.31. The van der Waals surface area contributed by atoms with Crippen LogP contribution in [-0.4, -0.2) is 19.6 Å². The third-order valence-corrected chi connectivity index (χ3v) is 5.33. The summed E-state index contributed by atoms with van der Waals surface area (Å²) in [6, 6.07) is 15.2. The number of rotatable bonds is 7. The summed E-state index contributed by atoms with van der Waals surface area (Å²) in [6.07, 6.45) is 2.41. The maximum Gasteiger partial charge on any atom is 0.0438 e. The van der Waals surface area contributed by atoms with Crippen LogP contribution in [0.5, 0.6) is 0 Å². The van der Waals surface area contributed by atoms with Gasteiger partial charge in [-0.15, -0.1) is 0 Å². The van der Waals surface area contributed by atoms with Crippen molar-refractivity contribution in [2.75, 3.05) is 24.5 Å². The molecule has 28 heavy (non-hydrogen) atoms. The molecular formula is C23H31N5. The second-order valence-electron chi connectivity index (χ2n) is 7.53. The Morgan fingerprint density at radius 3 is 2.54 bits per heavy atom. The summed E-state index contributed by atoms with van der Waals surface area (Å²) >= 11 is 0. The third kappa shape index (κ3) is 4.55. The summed E-state index contributed by atoms with van der Waals surface area (Å²) in [5, 5.41) is 3.28. The Bertz CT molecular complexity index is 854. The topological polar surface area (TPSA) is 93.3 Å². The molecule has 1 aliphatic rings. The van der Waals surface area contributed by atoms with E-state index in [2.05, 4.69) is 66.2 Å². The van der Waals surface area contributed by atoms with Crippen LogP contribution in [0.3, 0.4) is 0 Å². The van der Waals surface area contributed by atoms with E-state index in [4.69, 9.17) is 17.2 Å². The molecule has 2 aromatic rings. The van der Waals surface area contributed by atoms with Crippen LogP contribution >= 0.6 is 0 Å². The van der Waals surface area contributed by atoms with Crippen LogP contribution in [0.15, 0.2) is 66.6 Å². The fourth-order valence-corrected chi connectivity index (χ4v) is 3.68. The van der Waals surface area contributed by atoms with Gasteiger partial charge < -0.3 is 27.4 Å². The molecule has 3 rings (SSSR count). The summed E-state index contributed by atoms with van der Waals surface area (Å²) in [6.45, 7) is 9.41.